The largest absolute Gasteiger partial charge is 0.330 e. The van der Waals surface area contributed by atoms with Crippen LogP contribution in [0.5, 0.6) is 0 Å². The molecular weight excluding hydrogens is 186 g/mol. The van der Waals surface area contributed by atoms with Gasteiger partial charge in [-0.05, 0) is 64.8 Å². The number of likely N-dealkylation sites (tertiary alicyclic amines) is 2. The van der Waals surface area contributed by atoms with Crippen LogP contribution >= 0.6 is 0 Å². The Hall–Kier alpha value is -0.120. The van der Waals surface area contributed by atoms with Crippen LogP contribution < -0.4 is 5.73 Å². The van der Waals surface area contributed by atoms with Gasteiger partial charge in [-0.3, -0.25) is 0 Å². The molecule has 3 nitrogen and oxygen atoms in total. The lowest BCUT2D eigenvalue weighted by molar-refractivity contribution is 0.0385. The van der Waals surface area contributed by atoms with E-state index in [-0.39, 0.29) is 0 Å². The minimum atomic E-state index is 0.838. The molecule has 2 aliphatic heterocycles. The van der Waals surface area contributed by atoms with Crippen LogP contribution in [0.1, 0.15) is 25.7 Å². The number of hydrogen-bond acceptors (Lipinski definition) is 3. The first-order chi connectivity index (χ1) is 7.31. The Morgan fingerprint density at radius 1 is 1.27 bits per heavy atom. The quantitative estimate of drug-likeness (QED) is 0.748. The van der Waals surface area contributed by atoms with Crippen molar-refractivity contribution in [3.8, 4) is 0 Å². The number of nitrogens with two attached hydrogens (primary N) is 1. The summed E-state index contributed by atoms with van der Waals surface area (Å²) >= 11 is 0. The van der Waals surface area contributed by atoms with Gasteiger partial charge in [0.25, 0.3) is 0 Å². The van der Waals surface area contributed by atoms with E-state index < -0.39 is 0 Å². The van der Waals surface area contributed by atoms with Gasteiger partial charge in [-0.2, -0.15) is 0 Å². The SMILES string of the molecule is CN1CCCC2CN(CCCN)CCC21. The average molecular weight is 211 g/mol. The molecule has 2 atom stereocenters. The van der Waals surface area contributed by atoms with Crippen LogP contribution in [0.2, 0.25) is 0 Å². The van der Waals surface area contributed by atoms with Gasteiger partial charge in [0, 0.05) is 12.6 Å². The summed E-state index contributed by atoms with van der Waals surface area (Å²) in [6.07, 6.45) is 5.36. The fourth-order valence-corrected chi connectivity index (χ4v) is 3.25. The lowest BCUT2D eigenvalue weighted by atomic mass is 9.84. The molecule has 0 amide bonds. The van der Waals surface area contributed by atoms with Gasteiger partial charge in [-0.15, -0.1) is 0 Å². The highest BCUT2D eigenvalue weighted by atomic mass is 15.2. The molecule has 88 valence electrons. The molecule has 0 aliphatic carbocycles. The summed E-state index contributed by atoms with van der Waals surface area (Å²) in [6.45, 7) is 5.96. The maximum Gasteiger partial charge on any atom is 0.0145 e. The van der Waals surface area contributed by atoms with Crippen LogP contribution in [-0.2, 0) is 0 Å². The standard InChI is InChI=1S/C12H25N3/c1-14-7-2-4-11-10-15(8-3-6-13)9-5-12(11)14/h11-12H,2-10,13H2,1H3. The normalized spacial score (nSPS) is 34.0. The molecular formula is C12H25N3. The topological polar surface area (TPSA) is 32.5 Å². The van der Waals surface area contributed by atoms with Gasteiger partial charge in [0.15, 0.2) is 0 Å². The molecule has 0 bridgehead atoms. The third kappa shape index (κ3) is 2.71. The van der Waals surface area contributed by atoms with Crippen molar-refractivity contribution in [2.45, 2.75) is 31.7 Å². The van der Waals surface area contributed by atoms with Gasteiger partial charge < -0.3 is 15.5 Å². The van der Waals surface area contributed by atoms with E-state index >= 15 is 0 Å². The minimum Gasteiger partial charge on any atom is -0.330 e. The first-order valence-corrected chi connectivity index (χ1v) is 6.44. The summed E-state index contributed by atoms with van der Waals surface area (Å²) < 4.78 is 0. The minimum absolute atomic E-state index is 0.838. The van der Waals surface area contributed by atoms with Crippen molar-refractivity contribution in [3.63, 3.8) is 0 Å². The van der Waals surface area contributed by atoms with Crippen molar-refractivity contribution in [3.05, 3.63) is 0 Å². The van der Waals surface area contributed by atoms with Crippen molar-refractivity contribution in [2.75, 3.05) is 39.8 Å². The zero-order valence-electron chi connectivity index (χ0n) is 9.99. The summed E-state index contributed by atoms with van der Waals surface area (Å²) in [5, 5.41) is 0. The van der Waals surface area contributed by atoms with Crippen molar-refractivity contribution in [2.24, 2.45) is 11.7 Å². The van der Waals surface area contributed by atoms with Gasteiger partial charge in [0.05, 0.1) is 0 Å². The zero-order chi connectivity index (χ0) is 10.7. The Morgan fingerprint density at radius 2 is 2.13 bits per heavy atom. The highest BCUT2D eigenvalue weighted by molar-refractivity contribution is 4.89. The van der Waals surface area contributed by atoms with E-state index in [1.54, 1.807) is 0 Å². The van der Waals surface area contributed by atoms with E-state index in [4.69, 9.17) is 5.73 Å². The van der Waals surface area contributed by atoms with E-state index in [1.807, 2.05) is 0 Å². The fourth-order valence-electron chi connectivity index (χ4n) is 3.25. The molecule has 0 saturated carbocycles. The Kier molecular flexibility index (Phi) is 4.00. The summed E-state index contributed by atoms with van der Waals surface area (Å²) in [6, 6.07) is 0.868. The maximum atomic E-state index is 5.56. The molecule has 0 aromatic rings. The number of fused-ring (bicyclic) bond motifs is 1. The van der Waals surface area contributed by atoms with E-state index in [0.717, 1.165) is 24.9 Å². The monoisotopic (exact) mass is 211 g/mol. The number of hydrogen-bond donors (Lipinski definition) is 1. The van der Waals surface area contributed by atoms with Crippen LogP contribution in [0.4, 0.5) is 0 Å². The first-order valence-electron chi connectivity index (χ1n) is 6.44. The zero-order valence-corrected chi connectivity index (χ0v) is 9.99. The van der Waals surface area contributed by atoms with Crippen LogP contribution in [-0.4, -0.2) is 55.6 Å². The highest BCUT2D eigenvalue weighted by Gasteiger charge is 2.33. The number of rotatable bonds is 3. The molecule has 0 aromatic carbocycles. The van der Waals surface area contributed by atoms with Crippen LogP contribution in [0.25, 0.3) is 0 Å². The predicted octanol–water partition coefficient (Wildman–Crippen LogP) is 0.751. The van der Waals surface area contributed by atoms with Gasteiger partial charge >= 0.3 is 0 Å². The smallest absolute Gasteiger partial charge is 0.0145 e. The third-order valence-corrected chi connectivity index (χ3v) is 4.11. The van der Waals surface area contributed by atoms with Crippen molar-refractivity contribution < 1.29 is 0 Å². The number of nitrogens with zero attached hydrogens (tertiary/aromatic N) is 2. The van der Waals surface area contributed by atoms with E-state index in [2.05, 4.69) is 16.8 Å². The van der Waals surface area contributed by atoms with E-state index in [1.165, 1.54) is 45.4 Å². The fraction of sp³-hybridized carbons (Fsp3) is 1.00. The van der Waals surface area contributed by atoms with E-state index in [0.29, 0.717) is 0 Å². The van der Waals surface area contributed by atoms with E-state index in [9.17, 15) is 0 Å². The van der Waals surface area contributed by atoms with Gasteiger partial charge in [-0.1, -0.05) is 0 Å². The maximum absolute atomic E-state index is 5.56. The second kappa shape index (κ2) is 5.28. The molecule has 2 saturated heterocycles. The molecule has 2 aliphatic rings. The van der Waals surface area contributed by atoms with Gasteiger partial charge in [0.2, 0.25) is 0 Å². The molecule has 2 N–H and O–H groups in total. The third-order valence-electron chi connectivity index (χ3n) is 4.11. The average Bonchev–Trinajstić information content (AvgIpc) is 2.26. The van der Waals surface area contributed by atoms with Crippen LogP contribution in [0.15, 0.2) is 0 Å². The predicted molar refractivity (Wildman–Crippen MR) is 63.9 cm³/mol. The summed E-state index contributed by atoms with van der Waals surface area (Å²) in [7, 11) is 2.30. The van der Waals surface area contributed by atoms with Crippen molar-refractivity contribution >= 4 is 0 Å². The summed E-state index contributed by atoms with van der Waals surface area (Å²) in [4.78, 5) is 5.20. The molecule has 0 aromatic heterocycles. The molecule has 2 fully saturated rings. The second-order valence-corrected chi connectivity index (χ2v) is 5.18. The molecule has 0 radical (unpaired) electrons. The number of piperidine rings is 2. The Morgan fingerprint density at radius 3 is 2.93 bits per heavy atom. The molecule has 0 spiro atoms. The molecule has 3 heteroatoms. The molecule has 2 heterocycles. The van der Waals surface area contributed by atoms with Crippen molar-refractivity contribution in [1.29, 1.82) is 0 Å². The highest BCUT2D eigenvalue weighted by Crippen LogP contribution is 2.29. The Labute approximate surface area is 93.6 Å². The molecule has 2 unspecified atom stereocenters. The van der Waals surface area contributed by atoms with Crippen LogP contribution in [0.3, 0.4) is 0 Å². The van der Waals surface area contributed by atoms with Crippen LogP contribution in [0, 0.1) is 5.92 Å². The van der Waals surface area contributed by atoms with Gasteiger partial charge in [-0.25, -0.2) is 0 Å². The Bertz CT molecular complexity index is 195. The first kappa shape index (κ1) is 11.4. The summed E-state index contributed by atoms with van der Waals surface area (Å²) in [5.74, 6) is 0.926. The van der Waals surface area contributed by atoms with Crippen molar-refractivity contribution in [1.82, 2.24) is 9.80 Å². The van der Waals surface area contributed by atoms with Gasteiger partial charge in [0.1, 0.15) is 0 Å². The lowest BCUT2D eigenvalue weighted by Gasteiger charge is -2.46. The summed E-state index contributed by atoms with van der Waals surface area (Å²) in [5.41, 5.74) is 5.56. The Balaban J connectivity index is 1.83. The molecule has 15 heavy (non-hydrogen) atoms. The lowest BCUT2D eigenvalue weighted by Crippen LogP contribution is -2.52. The second-order valence-electron chi connectivity index (χ2n) is 5.18. The molecule has 2 rings (SSSR count).